The summed E-state index contributed by atoms with van der Waals surface area (Å²) < 4.78 is 7.35. The molecule has 1 aromatic carbocycles. The van der Waals surface area contributed by atoms with Crippen LogP contribution in [-0.2, 0) is 11.2 Å². The van der Waals surface area contributed by atoms with Crippen LogP contribution in [0.4, 0.5) is 0 Å². The van der Waals surface area contributed by atoms with Crippen LogP contribution in [0.25, 0.3) is 0 Å². The molecule has 0 atom stereocenters. The molecule has 9 heteroatoms. The predicted octanol–water partition coefficient (Wildman–Crippen LogP) is 2.77. The lowest BCUT2D eigenvalue weighted by Gasteiger charge is -2.13. The number of hydrogen-bond acceptors (Lipinski definition) is 5. The normalized spacial score (nSPS) is 11.3. The van der Waals surface area contributed by atoms with Crippen LogP contribution in [0.3, 0.4) is 0 Å². The maximum Gasteiger partial charge on any atom is 0.265 e. The van der Waals surface area contributed by atoms with Crippen molar-refractivity contribution in [1.82, 2.24) is 5.32 Å². The number of hydrogen-bond donors (Lipinski definition) is 4. The Bertz CT molecular complexity index is 657. The van der Waals surface area contributed by atoms with Gasteiger partial charge in [-0.3, -0.25) is 15.2 Å². The number of amides is 1. The highest BCUT2D eigenvalue weighted by Crippen LogP contribution is 2.35. The number of aliphatic imine (C=N–C) groups is 1. The van der Waals surface area contributed by atoms with Gasteiger partial charge in [-0.25, -0.2) is 0 Å². The van der Waals surface area contributed by atoms with Gasteiger partial charge < -0.3 is 21.5 Å². The van der Waals surface area contributed by atoms with Crippen LogP contribution in [0.15, 0.2) is 26.1 Å². The Morgan fingerprint density at radius 3 is 2.48 bits per heavy atom. The second kappa shape index (κ2) is 12.9. The first-order valence-corrected chi connectivity index (χ1v) is 10.3. The van der Waals surface area contributed by atoms with Gasteiger partial charge >= 0.3 is 0 Å². The van der Waals surface area contributed by atoms with Gasteiger partial charge in [0.15, 0.2) is 0 Å². The number of nitrogens with two attached hydrogens (primary N) is 2. The summed E-state index contributed by atoms with van der Waals surface area (Å²) >= 11 is 7.03. The molecule has 0 radical (unpaired) electrons. The summed E-state index contributed by atoms with van der Waals surface area (Å²) in [4.78, 5) is 16.4. The SMILES string of the molecule is CN=C(Cc1cc(Br)c(OCCCN)c(Br)c1)C(=O)NCCCCC(=N)N. The largest absolute Gasteiger partial charge is 0.491 e. The van der Waals surface area contributed by atoms with E-state index in [4.69, 9.17) is 21.6 Å². The van der Waals surface area contributed by atoms with E-state index in [9.17, 15) is 4.79 Å². The van der Waals surface area contributed by atoms with Gasteiger partial charge in [-0.1, -0.05) is 0 Å². The molecule has 0 saturated carbocycles. The zero-order valence-electron chi connectivity index (χ0n) is 15.5. The Hall–Kier alpha value is -1.45. The second-order valence-corrected chi connectivity index (χ2v) is 7.67. The third-order valence-corrected chi connectivity index (χ3v) is 4.89. The van der Waals surface area contributed by atoms with Crippen molar-refractivity contribution < 1.29 is 9.53 Å². The second-order valence-electron chi connectivity index (χ2n) is 5.96. The number of benzene rings is 1. The molecule has 7 nitrogen and oxygen atoms in total. The molecular weight excluding hydrogens is 478 g/mol. The molecular formula is C18H27Br2N5O2. The molecule has 0 aromatic heterocycles. The number of rotatable bonds is 12. The molecule has 150 valence electrons. The standard InChI is InChI=1S/C18H27Br2N5O2/c1-24-15(18(26)25-7-3-2-5-16(22)23)11-12-9-13(19)17(14(20)10-12)27-8-4-6-21/h9-10H,2-8,11,21H2,1H3,(H3,22,23)(H,25,26). The molecule has 0 saturated heterocycles. The van der Waals surface area contributed by atoms with Crippen molar-refractivity contribution in [3.8, 4) is 5.75 Å². The maximum atomic E-state index is 12.3. The van der Waals surface area contributed by atoms with E-state index in [1.54, 1.807) is 7.05 Å². The van der Waals surface area contributed by atoms with Crippen LogP contribution in [0.2, 0.25) is 0 Å². The Morgan fingerprint density at radius 2 is 1.93 bits per heavy atom. The van der Waals surface area contributed by atoms with Crippen LogP contribution in [0, 0.1) is 5.41 Å². The summed E-state index contributed by atoms with van der Waals surface area (Å²) in [6, 6.07) is 3.85. The lowest BCUT2D eigenvalue weighted by atomic mass is 10.1. The van der Waals surface area contributed by atoms with Crippen molar-refractivity contribution in [1.29, 1.82) is 5.41 Å². The van der Waals surface area contributed by atoms with Crippen LogP contribution >= 0.6 is 31.9 Å². The van der Waals surface area contributed by atoms with Crippen molar-refractivity contribution in [2.75, 3.05) is 26.7 Å². The molecule has 0 aliphatic rings. The highest BCUT2D eigenvalue weighted by molar-refractivity contribution is 9.11. The number of nitrogens with zero attached hydrogens (tertiary/aromatic N) is 1. The van der Waals surface area contributed by atoms with Crippen molar-refractivity contribution in [3.63, 3.8) is 0 Å². The third-order valence-electron chi connectivity index (χ3n) is 3.71. The van der Waals surface area contributed by atoms with Crippen molar-refractivity contribution in [3.05, 3.63) is 26.6 Å². The fourth-order valence-electron chi connectivity index (χ4n) is 2.31. The Labute approximate surface area is 177 Å². The van der Waals surface area contributed by atoms with Crippen LogP contribution in [0.5, 0.6) is 5.75 Å². The molecule has 0 unspecified atom stereocenters. The molecule has 1 amide bonds. The number of ether oxygens (including phenoxy) is 1. The topological polar surface area (TPSA) is 127 Å². The van der Waals surface area contributed by atoms with Crippen molar-refractivity contribution >= 4 is 49.3 Å². The van der Waals surface area contributed by atoms with Gasteiger partial charge in [0, 0.05) is 26.4 Å². The Kier molecular flexibility index (Phi) is 11.2. The van der Waals surface area contributed by atoms with E-state index >= 15 is 0 Å². The first kappa shape index (κ1) is 23.6. The third kappa shape index (κ3) is 8.85. The van der Waals surface area contributed by atoms with Gasteiger partial charge in [-0.15, -0.1) is 0 Å². The number of carbonyl (C=O) groups excluding carboxylic acids is 1. The fraction of sp³-hybridized carbons (Fsp3) is 0.500. The Balaban J connectivity index is 2.63. The zero-order valence-corrected chi connectivity index (χ0v) is 18.7. The van der Waals surface area contributed by atoms with Crippen LogP contribution in [-0.4, -0.2) is 44.2 Å². The monoisotopic (exact) mass is 503 g/mol. The van der Waals surface area contributed by atoms with Gasteiger partial charge in [0.2, 0.25) is 0 Å². The average Bonchev–Trinajstić information content (AvgIpc) is 2.61. The lowest BCUT2D eigenvalue weighted by molar-refractivity contribution is -0.114. The summed E-state index contributed by atoms with van der Waals surface area (Å²) in [5.41, 5.74) is 12.2. The number of amidine groups is 1. The smallest absolute Gasteiger partial charge is 0.265 e. The fourth-order valence-corrected chi connectivity index (χ4v) is 3.82. The summed E-state index contributed by atoms with van der Waals surface area (Å²) in [7, 11) is 1.61. The molecule has 6 N–H and O–H groups in total. The Morgan fingerprint density at radius 1 is 1.26 bits per heavy atom. The molecule has 0 fully saturated rings. The van der Waals surface area contributed by atoms with E-state index in [0.717, 1.165) is 39.5 Å². The number of unbranched alkanes of at least 4 members (excludes halogenated alkanes) is 1. The molecule has 1 rings (SSSR count). The van der Waals surface area contributed by atoms with Crippen molar-refractivity contribution in [2.24, 2.45) is 16.5 Å². The van der Waals surface area contributed by atoms with Gasteiger partial charge in [-0.2, -0.15) is 0 Å². The van der Waals surface area contributed by atoms with Gasteiger partial charge in [0.1, 0.15) is 11.5 Å². The van der Waals surface area contributed by atoms with Gasteiger partial charge in [0.05, 0.1) is 21.4 Å². The minimum atomic E-state index is -0.184. The molecule has 27 heavy (non-hydrogen) atoms. The first-order valence-electron chi connectivity index (χ1n) is 8.76. The van der Waals surface area contributed by atoms with Gasteiger partial charge in [-0.05, 0) is 75.4 Å². The number of carbonyl (C=O) groups is 1. The average molecular weight is 505 g/mol. The van der Waals surface area contributed by atoms with E-state index in [0.29, 0.717) is 38.2 Å². The zero-order chi connectivity index (χ0) is 20.2. The number of nitrogens with one attached hydrogen (secondary N) is 2. The summed E-state index contributed by atoms with van der Waals surface area (Å²) in [6.07, 6.45) is 3.29. The van der Waals surface area contributed by atoms with E-state index < -0.39 is 0 Å². The molecule has 0 aliphatic carbocycles. The van der Waals surface area contributed by atoms with Crippen LogP contribution in [0.1, 0.15) is 31.2 Å². The van der Waals surface area contributed by atoms with Gasteiger partial charge in [0.25, 0.3) is 5.91 Å². The highest BCUT2D eigenvalue weighted by atomic mass is 79.9. The quantitative estimate of drug-likeness (QED) is 0.198. The maximum absolute atomic E-state index is 12.3. The minimum absolute atomic E-state index is 0.170. The molecule has 0 bridgehead atoms. The summed E-state index contributed by atoms with van der Waals surface area (Å²) in [6.45, 7) is 1.65. The lowest BCUT2D eigenvalue weighted by Crippen LogP contribution is -2.33. The highest BCUT2D eigenvalue weighted by Gasteiger charge is 2.14. The van der Waals surface area contributed by atoms with E-state index in [1.165, 1.54) is 0 Å². The van der Waals surface area contributed by atoms with Crippen molar-refractivity contribution in [2.45, 2.75) is 32.1 Å². The van der Waals surface area contributed by atoms with E-state index in [-0.39, 0.29) is 11.7 Å². The van der Waals surface area contributed by atoms with E-state index in [1.807, 2.05) is 12.1 Å². The first-order chi connectivity index (χ1) is 12.9. The summed E-state index contributed by atoms with van der Waals surface area (Å²) in [5, 5.41) is 10.0. The molecule has 0 heterocycles. The van der Waals surface area contributed by atoms with Crippen LogP contribution < -0.4 is 21.5 Å². The summed E-state index contributed by atoms with van der Waals surface area (Å²) in [5.74, 6) is 0.705. The number of halogens is 2. The molecule has 0 spiro atoms. The molecule has 1 aromatic rings. The minimum Gasteiger partial charge on any atom is -0.491 e. The predicted molar refractivity (Wildman–Crippen MR) is 117 cm³/mol. The molecule has 0 aliphatic heterocycles. The van der Waals surface area contributed by atoms with E-state index in [2.05, 4.69) is 42.2 Å².